The van der Waals surface area contributed by atoms with Gasteiger partial charge in [-0.25, -0.2) is 4.79 Å². The molecule has 0 aliphatic heterocycles. The number of nitriles is 1. The third-order valence-electron chi connectivity index (χ3n) is 3.34. The molecule has 0 bridgehead atoms. The van der Waals surface area contributed by atoms with Crippen molar-refractivity contribution in [1.29, 1.82) is 5.26 Å². The summed E-state index contributed by atoms with van der Waals surface area (Å²) in [5.74, 6) is -0.784. The van der Waals surface area contributed by atoms with Gasteiger partial charge in [0.25, 0.3) is 5.91 Å². The molecular formula is C19H18N2O4. The second-order valence-corrected chi connectivity index (χ2v) is 5.23. The number of carbonyl (C=O) groups excluding carboxylic acids is 2. The van der Waals surface area contributed by atoms with Crippen molar-refractivity contribution in [2.45, 2.75) is 19.6 Å². The van der Waals surface area contributed by atoms with Crippen molar-refractivity contribution in [3.8, 4) is 11.8 Å². The molecule has 0 spiro atoms. The Morgan fingerprint density at radius 1 is 1.12 bits per heavy atom. The summed E-state index contributed by atoms with van der Waals surface area (Å²) in [5, 5.41) is 11.7. The van der Waals surface area contributed by atoms with Crippen LogP contribution in [0.25, 0.3) is 0 Å². The van der Waals surface area contributed by atoms with Gasteiger partial charge in [-0.05, 0) is 24.6 Å². The van der Waals surface area contributed by atoms with Crippen LogP contribution in [0.3, 0.4) is 0 Å². The molecule has 2 aromatic rings. The average molecular weight is 338 g/mol. The average Bonchev–Trinajstić information content (AvgIpc) is 2.65. The van der Waals surface area contributed by atoms with Crippen molar-refractivity contribution < 1.29 is 19.1 Å². The first-order valence-electron chi connectivity index (χ1n) is 7.73. The minimum Gasteiger partial charge on any atom is -0.481 e. The Kier molecular flexibility index (Phi) is 6.55. The lowest BCUT2D eigenvalue weighted by molar-refractivity contribution is -0.156. The number of ether oxygens (including phenoxy) is 2. The number of hydrogen-bond donors (Lipinski definition) is 1. The molecule has 25 heavy (non-hydrogen) atoms. The van der Waals surface area contributed by atoms with Crippen molar-refractivity contribution in [2.24, 2.45) is 0 Å². The fourth-order valence-electron chi connectivity index (χ4n) is 2.04. The van der Waals surface area contributed by atoms with Gasteiger partial charge in [-0.15, -0.1) is 0 Å². The molecule has 0 fully saturated rings. The normalized spacial score (nSPS) is 11.0. The van der Waals surface area contributed by atoms with Crippen LogP contribution in [0, 0.1) is 11.3 Å². The lowest BCUT2D eigenvalue weighted by Crippen LogP contribution is -2.36. The number of esters is 1. The zero-order chi connectivity index (χ0) is 18.1. The van der Waals surface area contributed by atoms with Gasteiger partial charge in [-0.2, -0.15) is 5.26 Å². The van der Waals surface area contributed by atoms with Gasteiger partial charge in [-0.3, -0.25) is 4.79 Å². The molecule has 0 aromatic heterocycles. The third-order valence-corrected chi connectivity index (χ3v) is 3.34. The van der Waals surface area contributed by atoms with Gasteiger partial charge in [0, 0.05) is 6.54 Å². The Morgan fingerprint density at radius 3 is 2.52 bits per heavy atom. The maximum absolute atomic E-state index is 12.0. The smallest absolute Gasteiger partial charge is 0.344 e. The number of hydrogen-bond acceptors (Lipinski definition) is 5. The van der Waals surface area contributed by atoms with E-state index in [0.717, 1.165) is 5.56 Å². The van der Waals surface area contributed by atoms with Gasteiger partial charge in [0.15, 0.2) is 12.7 Å². The molecule has 1 N–H and O–H groups in total. The molecule has 128 valence electrons. The topological polar surface area (TPSA) is 88.4 Å². The van der Waals surface area contributed by atoms with Crippen LogP contribution in [0.15, 0.2) is 54.6 Å². The molecule has 0 unspecified atom stereocenters. The Morgan fingerprint density at radius 2 is 1.80 bits per heavy atom. The molecule has 0 radical (unpaired) electrons. The minimum absolute atomic E-state index is 0.295. The van der Waals surface area contributed by atoms with Crippen LogP contribution in [0.4, 0.5) is 0 Å². The van der Waals surface area contributed by atoms with Gasteiger partial charge >= 0.3 is 5.97 Å². The predicted molar refractivity (Wildman–Crippen MR) is 90.5 cm³/mol. The van der Waals surface area contributed by atoms with E-state index in [1.54, 1.807) is 24.3 Å². The zero-order valence-corrected chi connectivity index (χ0v) is 13.8. The van der Waals surface area contributed by atoms with E-state index in [-0.39, 0.29) is 6.61 Å². The first-order valence-corrected chi connectivity index (χ1v) is 7.73. The molecular weight excluding hydrogens is 320 g/mol. The summed E-state index contributed by atoms with van der Waals surface area (Å²) in [5.41, 5.74) is 1.27. The molecule has 0 saturated carbocycles. The molecule has 0 aliphatic rings. The van der Waals surface area contributed by atoms with E-state index in [1.807, 2.05) is 36.4 Å². The van der Waals surface area contributed by atoms with Gasteiger partial charge in [0.05, 0.1) is 5.56 Å². The molecule has 2 aromatic carbocycles. The summed E-state index contributed by atoms with van der Waals surface area (Å²) in [6.45, 7) is 1.46. The van der Waals surface area contributed by atoms with E-state index >= 15 is 0 Å². The highest BCUT2D eigenvalue weighted by Crippen LogP contribution is 2.16. The highest BCUT2D eigenvalue weighted by Gasteiger charge is 2.18. The largest absolute Gasteiger partial charge is 0.481 e. The Labute approximate surface area is 146 Å². The quantitative estimate of drug-likeness (QED) is 0.782. The van der Waals surface area contributed by atoms with Gasteiger partial charge < -0.3 is 14.8 Å². The summed E-state index contributed by atoms with van der Waals surface area (Å²) in [6, 6.07) is 17.9. The third kappa shape index (κ3) is 5.66. The lowest BCUT2D eigenvalue weighted by Gasteiger charge is -2.14. The number of rotatable bonds is 7. The van der Waals surface area contributed by atoms with Crippen LogP contribution < -0.4 is 10.1 Å². The Bertz CT molecular complexity index is 768. The summed E-state index contributed by atoms with van der Waals surface area (Å²) in [7, 11) is 0. The maximum atomic E-state index is 12.0. The van der Waals surface area contributed by atoms with E-state index in [9.17, 15) is 9.59 Å². The molecule has 0 heterocycles. The van der Waals surface area contributed by atoms with Gasteiger partial charge in [0.1, 0.15) is 11.8 Å². The van der Waals surface area contributed by atoms with E-state index in [2.05, 4.69) is 5.32 Å². The second-order valence-electron chi connectivity index (χ2n) is 5.23. The van der Waals surface area contributed by atoms with Crippen molar-refractivity contribution in [1.82, 2.24) is 5.32 Å². The first kappa shape index (κ1) is 18.0. The van der Waals surface area contributed by atoms with Crippen molar-refractivity contribution in [3.63, 3.8) is 0 Å². The van der Waals surface area contributed by atoms with Crippen LogP contribution in [-0.2, 0) is 20.9 Å². The summed E-state index contributed by atoms with van der Waals surface area (Å²) < 4.78 is 10.3. The fourth-order valence-corrected chi connectivity index (χ4v) is 2.04. The predicted octanol–water partition coefficient (Wildman–Crippen LogP) is 2.19. The van der Waals surface area contributed by atoms with E-state index in [0.29, 0.717) is 17.9 Å². The summed E-state index contributed by atoms with van der Waals surface area (Å²) in [4.78, 5) is 23.7. The standard InChI is InChI=1S/C19H18N2O4/c1-14(19(23)21-12-15-7-3-2-4-8-15)25-18(22)13-24-17-10-6-5-9-16(17)11-20/h2-10,14H,12-13H2,1H3,(H,21,23)/t14-/m0/s1. The summed E-state index contributed by atoms with van der Waals surface area (Å²) >= 11 is 0. The van der Waals surface area contributed by atoms with Gasteiger partial charge in [-0.1, -0.05) is 42.5 Å². The maximum Gasteiger partial charge on any atom is 0.344 e. The highest BCUT2D eigenvalue weighted by atomic mass is 16.6. The first-order chi connectivity index (χ1) is 12.1. The number of carbonyl (C=O) groups is 2. The highest BCUT2D eigenvalue weighted by molar-refractivity contribution is 5.83. The van der Waals surface area contributed by atoms with Crippen molar-refractivity contribution >= 4 is 11.9 Å². The number of benzene rings is 2. The van der Waals surface area contributed by atoms with Crippen LogP contribution in [0.1, 0.15) is 18.1 Å². The Hall–Kier alpha value is -3.33. The van der Waals surface area contributed by atoms with E-state index in [4.69, 9.17) is 14.7 Å². The van der Waals surface area contributed by atoms with Crippen LogP contribution in [0.2, 0.25) is 0 Å². The zero-order valence-electron chi connectivity index (χ0n) is 13.8. The number of nitrogens with one attached hydrogen (secondary N) is 1. The molecule has 6 heteroatoms. The molecule has 0 saturated heterocycles. The molecule has 0 aliphatic carbocycles. The molecule has 1 atom stereocenters. The number of nitrogens with zero attached hydrogens (tertiary/aromatic N) is 1. The van der Waals surface area contributed by atoms with Crippen LogP contribution in [0.5, 0.6) is 5.75 Å². The Balaban J connectivity index is 1.77. The monoisotopic (exact) mass is 338 g/mol. The van der Waals surface area contributed by atoms with Crippen LogP contribution in [-0.4, -0.2) is 24.6 Å². The fraction of sp³-hybridized carbons (Fsp3) is 0.211. The van der Waals surface area contributed by atoms with Crippen molar-refractivity contribution in [3.05, 3.63) is 65.7 Å². The SMILES string of the molecule is C[C@H](OC(=O)COc1ccccc1C#N)C(=O)NCc1ccccc1. The lowest BCUT2D eigenvalue weighted by atomic mass is 10.2. The molecule has 1 amide bonds. The molecule has 6 nitrogen and oxygen atoms in total. The number of amides is 1. The van der Waals surface area contributed by atoms with Crippen LogP contribution >= 0.6 is 0 Å². The second kappa shape index (κ2) is 9.08. The van der Waals surface area contributed by atoms with E-state index in [1.165, 1.54) is 6.92 Å². The summed E-state index contributed by atoms with van der Waals surface area (Å²) in [6.07, 6.45) is -0.939. The minimum atomic E-state index is -0.939. The van der Waals surface area contributed by atoms with Crippen molar-refractivity contribution in [2.75, 3.05) is 6.61 Å². The van der Waals surface area contributed by atoms with E-state index < -0.39 is 18.0 Å². The number of para-hydroxylation sites is 1. The molecule has 2 rings (SSSR count). The van der Waals surface area contributed by atoms with Gasteiger partial charge in [0.2, 0.25) is 0 Å².